The van der Waals surface area contributed by atoms with Gasteiger partial charge in [0.15, 0.2) is 5.89 Å². The summed E-state index contributed by atoms with van der Waals surface area (Å²) in [5.41, 5.74) is 9.30. The number of carbonyl (C=O) groups excluding carboxylic acids is 1. The largest absolute Gasteiger partial charge is 0.436 e. The van der Waals surface area contributed by atoms with E-state index in [1.165, 1.54) is 0 Å². The Hall–Kier alpha value is -2.01. The molecule has 1 aliphatic rings. The van der Waals surface area contributed by atoms with E-state index < -0.39 is 0 Å². The summed E-state index contributed by atoms with van der Waals surface area (Å²) >= 11 is 0. The summed E-state index contributed by atoms with van der Waals surface area (Å²) in [6.07, 6.45) is 1.80. The highest BCUT2D eigenvalue weighted by molar-refractivity contribution is 6.06. The van der Waals surface area contributed by atoms with E-state index in [2.05, 4.69) is 4.98 Å². The fraction of sp³-hybridized carbons (Fsp3) is 0.333. The zero-order chi connectivity index (χ0) is 14.3. The third-order valence-electron chi connectivity index (χ3n) is 3.63. The van der Waals surface area contributed by atoms with Crippen molar-refractivity contribution in [2.24, 2.45) is 0 Å². The highest BCUT2D eigenvalue weighted by Gasteiger charge is 2.28. The molecule has 2 N–H and O–H groups in total. The van der Waals surface area contributed by atoms with Gasteiger partial charge in [-0.05, 0) is 37.5 Å². The predicted octanol–water partition coefficient (Wildman–Crippen LogP) is 2.89. The predicted molar refractivity (Wildman–Crippen MR) is 84.1 cm³/mol. The Morgan fingerprint density at radius 1 is 1.38 bits per heavy atom. The van der Waals surface area contributed by atoms with Gasteiger partial charge in [0.05, 0.1) is 5.69 Å². The van der Waals surface area contributed by atoms with E-state index >= 15 is 0 Å². The topological polar surface area (TPSA) is 72.4 Å². The van der Waals surface area contributed by atoms with Crippen molar-refractivity contribution < 1.29 is 9.21 Å². The van der Waals surface area contributed by atoms with Gasteiger partial charge >= 0.3 is 0 Å². The van der Waals surface area contributed by atoms with Crippen molar-refractivity contribution in [3.63, 3.8) is 0 Å². The lowest BCUT2D eigenvalue weighted by atomic mass is 9.99. The maximum absolute atomic E-state index is 12.7. The van der Waals surface area contributed by atoms with Crippen molar-refractivity contribution in [2.75, 3.05) is 17.2 Å². The summed E-state index contributed by atoms with van der Waals surface area (Å²) in [6, 6.07) is 5.68. The van der Waals surface area contributed by atoms with Gasteiger partial charge in [-0.25, -0.2) is 4.98 Å². The molecule has 5 nitrogen and oxygen atoms in total. The van der Waals surface area contributed by atoms with Crippen LogP contribution in [0.3, 0.4) is 0 Å². The van der Waals surface area contributed by atoms with E-state index in [-0.39, 0.29) is 18.3 Å². The van der Waals surface area contributed by atoms with E-state index in [1.54, 1.807) is 18.7 Å². The van der Waals surface area contributed by atoms with Crippen molar-refractivity contribution in [2.45, 2.75) is 26.7 Å². The van der Waals surface area contributed by atoms with Crippen LogP contribution in [-0.4, -0.2) is 17.4 Å². The molecule has 0 atom stereocenters. The Morgan fingerprint density at radius 3 is 2.81 bits per heavy atom. The minimum Gasteiger partial charge on any atom is -0.436 e. The molecule has 1 amide bonds. The van der Waals surface area contributed by atoms with Gasteiger partial charge in [0.25, 0.3) is 5.91 Å². The van der Waals surface area contributed by atoms with Gasteiger partial charge in [-0.1, -0.05) is 6.07 Å². The summed E-state index contributed by atoms with van der Waals surface area (Å²) < 4.78 is 5.44. The smallest absolute Gasteiger partial charge is 0.295 e. The van der Waals surface area contributed by atoms with Gasteiger partial charge in [0.1, 0.15) is 0 Å². The standard InChI is InChI=1S/C15H17N3O2.ClH/c1-9-14(20-10(2)17-9)15(19)18-8-4-5-11-12(16)6-3-7-13(11)18;/h3,6-7H,4-5,8,16H2,1-2H3;1H. The first-order valence-electron chi connectivity index (χ1n) is 6.71. The van der Waals surface area contributed by atoms with Crippen LogP contribution >= 0.6 is 12.4 Å². The van der Waals surface area contributed by atoms with Gasteiger partial charge in [-0.3, -0.25) is 4.79 Å². The first-order chi connectivity index (χ1) is 9.58. The van der Waals surface area contributed by atoms with Crippen molar-refractivity contribution in [3.8, 4) is 0 Å². The van der Waals surface area contributed by atoms with Crippen LogP contribution in [0.2, 0.25) is 0 Å². The number of aromatic nitrogens is 1. The number of halogens is 1. The molecule has 3 rings (SSSR count). The molecule has 0 spiro atoms. The molecule has 21 heavy (non-hydrogen) atoms. The SMILES string of the molecule is Cc1nc(C)c(C(=O)N2CCCc3c(N)cccc32)o1.Cl. The number of hydrogen-bond acceptors (Lipinski definition) is 4. The Morgan fingerprint density at radius 2 is 2.14 bits per heavy atom. The van der Waals surface area contributed by atoms with Gasteiger partial charge in [0, 0.05) is 24.8 Å². The molecule has 0 fully saturated rings. The van der Waals surface area contributed by atoms with Crippen LogP contribution in [0.4, 0.5) is 11.4 Å². The highest BCUT2D eigenvalue weighted by Crippen LogP contribution is 2.32. The quantitative estimate of drug-likeness (QED) is 0.822. The van der Waals surface area contributed by atoms with Crippen LogP contribution in [0.15, 0.2) is 22.6 Å². The molecular formula is C15H18ClN3O2. The maximum Gasteiger partial charge on any atom is 0.295 e. The van der Waals surface area contributed by atoms with Crippen LogP contribution in [0.5, 0.6) is 0 Å². The second-order valence-electron chi connectivity index (χ2n) is 5.05. The van der Waals surface area contributed by atoms with Crippen LogP contribution in [0, 0.1) is 13.8 Å². The number of fused-ring (bicyclic) bond motifs is 1. The van der Waals surface area contributed by atoms with E-state index in [9.17, 15) is 4.79 Å². The van der Waals surface area contributed by atoms with Crippen LogP contribution in [-0.2, 0) is 6.42 Å². The summed E-state index contributed by atoms with van der Waals surface area (Å²) in [6.45, 7) is 4.20. The number of benzene rings is 1. The third kappa shape index (κ3) is 2.61. The van der Waals surface area contributed by atoms with E-state index in [0.717, 1.165) is 29.8 Å². The van der Waals surface area contributed by atoms with Crippen LogP contribution in [0.25, 0.3) is 0 Å². The Bertz CT molecular complexity index is 682. The summed E-state index contributed by atoms with van der Waals surface area (Å²) in [5.74, 6) is 0.683. The fourth-order valence-electron chi connectivity index (χ4n) is 2.71. The van der Waals surface area contributed by atoms with Crippen molar-refractivity contribution in [3.05, 3.63) is 41.1 Å². The second kappa shape index (κ2) is 5.77. The van der Waals surface area contributed by atoms with Crippen LogP contribution < -0.4 is 10.6 Å². The molecule has 0 bridgehead atoms. The van der Waals surface area contributed by atoms with Crippen molar-refractivity contribution >= 4 is 29.7 Å². The number of hydrogen-bond donors (Lipinski definition) is 1. The molecule has 1 aromatic heterocycles. The zero-order valence-corrected chi connectivity index (χ0v) is 12.9. The van der Waals surface area contributed by atoms with Crippen molar-refractivity contribution in [1.29, 1.82) is 0 Å². The number of aryl methyl sites for hydroxylation is 2. The molecule has 0 saturated heterocycles. The number of amides is 1. The molecule has 2 heterocycles. The second-order valence-corrected chi connectivity index (χ2v) is 5.05. The lowest BCUT2D eigenvalue weighted by Gasteiger charge is -2.29. The van der Waals surface area contributed by atoms with E-state index in [1.807, 2.05) is 18.2 Å². The molecule has 112 valence electrons. The average Bonchev–Trinajstić information content (AvgIpc) is 2.77. The van der Waals surface area contributed by atoms with Gasteiger partial charge < -0.3 is 15.1 Å². The summed E-state index contributed by atoms with van der Waals surface area (Å²) in [5, 5.41) is 0. The number of nitrogen functional groups attached to an aromatic ring is 1. The third-order valence-corrected chi connectivity index (χ3v) is 3.63. The number of rotatable bonds is 1. The molecule has 1 aromatic carbocycles. The fourth-order valence-corrected chi connectivity index (χ4v) is 2.71. The molecule has 2 aromatic rings. The maximum atomic E-state index is 12.7. The number of nitrogens with zero attached hydrogens (tertiary/aromatic N) is 2. The minimum absolute atomic E-state index is 0. The summed E-state index contributed by atoms with van der Waals surface area (Å²) in [4.78, 5) is 18.6. The van der Waals surface area contributed by atoms with Crippen LogP contribution in [0.1, 0.15) is 34.1 Å². The number of carbonyl (C=O) groups is 1. The first-order valence-corrected chi connectivity index (χ1v) is 6.71. The number of oxazole rings is 1. The molecule has 1 aliphatic heterocycles. The van der Waals surface area contributed by atoms with E-state index in [4.69, 9.17) is 10.2 Å². The number of anilines is 2. The van der Waals surface area contributed by atoms with Gasteiger partial charge in [0.2, 0.25) is 5.76 Å². The number of nitrogens with two attached hydrogens (primary N) is 1. The highest BCUT2D eigenvalue weighted by atomic mass is 35.5. The molecule has 0 unspecified atom stereocenters. The molecule has 6 heteroatoms. The van der Waals surface area contributed by atoms with Gasteiger partial charge in [-0.2, -0.15) is 0 Å². The van der Waals surface area contributed by atoms with E-state index in [0.29, 0.717) is 23.9 Å². The Labute approximate surface area is 129 Å². The molecular weight excluding hydrogens is 290 g/mol. The lowest BCUT2D eigenvalue weighted by molar-refractivity contribution is 0.0956. The van der Waals surface area contributed by atoms with Crippen molar-refractivity contribution in [1.82, 2.24) is 4.98 Å². The molecule has 0 aliphatic carbocycles. The first kappa shape index (κ1) is 15.4. The molecule has 0 radical (unpaired) electrons. The lowest BCUT2D eigenvalue weighted by Crippen LogP contribution is -2.35. The summed E-state index contributed by atoms with van der Waals surface area (Å²) in [7, 11) is 0. The monoisotopic (exact) mass is 307 g/mol. The normalized spacial score (nSPS) is 13.5. The Balaban J connectivity index is 0.00000161. The average molecular weight is 308 g/mol. The molecule has 0 saturated carbocycles. The van der Waals surface area contributed by atoms with Gasteiger partial charge in [-0.15, -0.1) is 12.4 Å². The zero-order valence-electron chi connectivity index (χ0n) is 12.0. The minimum atomic E-state index is -0.144. The Kier molecular flexibility index (Phi) is 4.23.